The van der Waals surface area contributed by atoms with Crippen molar-refractivity contribution in [3.05, 3.63) is 15.5 Å². The van der Waals surface area contributed by atoms with Gasteiger partial charge in [0.15, 0.2) is 5.15 Å². The Labute approximate surface area is 73.9 Å². The van der Waals surface area contributed by atoms with E-state index in [9.17, 15) is 0 Å². The maximum absolute atomic E-state index is 5.51. The van der Waals surface area contributed by atoms with Crippen LogP contribution >= 0.6 is 34.8 Å². The van der Waals surface area contributed by atoms with Gasteiger partial charge in [0.25, 0.3) is 0 Å². The summed E-state index contributed by atoms with van der Waals surface area (Å²) in [5.74, 6) is 0. The molecule has 0 aliphatic heterocycles. The highest BCUT2D eigenvalue weighted by molar-refractivity contribution is 6.49. The summed E-state index contributed by atoms with van der Waals surface area (Å²) in [5.41, 5.74) is 0.0895. The fourth-order valence-electron chi connectivity index (χ4n) is 0.409. The number of hydrogen-bond acceptors (Lipinski definition) is 2. The van der Waals surface area contributed by atoms with Crippen molar-refractivity contribution < 1.29 is 0 Å². The van der Waals surface area contributed by atoms with Crippen molar-refractivity contribution in [3.8, 4) is 0 Å². The molecule has 6 heteroatoms. The topological polar surface area (TPSA) is 25.8 Å². The van der Waals surface area contributed by atoms with Gasteiger partial charge in [-0.25, -0.2) is 9.97 Å². The van der Waals surface area contributed by atoms with Gasteiger partial charge >= 0.3 is 0 Å². The predicted molar refractivity (Wildman–Crippen MR) is 42.5 cm³/mol. The molecule has 0 unspecified atom stereocenters. The van der Waals surface area contributed by atoms with Gasteiger partial charge in [-0.15, -0.1) is 0 Å². The minimum Gasteiger partial charge on any atom is -0.233 e. The standard InChI is InChI=1S/C4BCl3N2/c5-2-1(6)3(7)10-4(8)9-2. The summed E-state index contributed by atoms with van der Waals surface area (Å²) in [6.07, 6.45) is 0. The van der Waals surface area contributed by atoms with Gasteiger partial charge < -0.3 is 0 Å². The van der Waals surface area contributed by atoms with Crippen molar-refractivity contribution in [2.45, 2.75) is 0 Å². The molecule has 0 N–H and O–H groups in total. The molecule has 0 amide bonds. The minimum atomic E-state index is -0.00750. The highest BCUT2D eigenvalue weighted by Crippen LogP contribution is 2.16. The Kier molecular flexibility index (Phi) is 2.39. The van der Waals surface area contributed by atoms with Crippen LogP contribution < -0.4 is 5.59 Å². The molecule has 10 heavy (non-hydrogen) atoms. The Morgan fingerprint density at radius 1 is 1.10 bits per heavy atom. The molecule has 0 saturated carbocycles. The highest BCUT2D eigenvalue weighted by atomic mass is 35.5. The number of nitrogens with zero attached hydrogens (tertiary/aromatic N) is 2. The number of halogens is 3. The first-order valence-electron chi connectivity index (χ1n) is 2.25. The molecule has 2 radical (unpaired) electrons. The largest absolute Gasteiger partial charge is 0.233 e. The third-order valence-electron chi connectivity index (χ3n) is 0.809. The first kappa shape index (κ1) is 8.11. The van der Waals surface area contributed by atoms with E-state index in [-0.39, 0.29) is 21.1 Å². The van der Waals surface area contributed by atoms with E-state index in [1.165, 1.54) is 0 Å². The van der Waals surface area contributed by atoms with E-state index in [2.05, 4.69) is 9.97 Å². The van der Waals surface area contributed by atoms with Gasteiger partial charge in [-0.05, 0) is 11.6 Å². The summed E-state index contributed by atoms with van der Waals surface area (Å²) in [6.45, 7) is 0. The SMILES string of the molecule is [B]c1nc(Cl)nc(Cl)c1Cl. The molecular weight excluding hydrogens is 193 g/mol. The first-order chi connectivity index (χ1) is 4.61. The zero-order valence-electron chi connectivity index (χ0n) is 4.61. The number of aromatic nitrogens is 2. The van der Waals surface area contributed by atoms with Crippen molar-refractivity contribution in [2.24, 2.45) is 0 Å². The Balaban J connectivity index is 3.31. The summed E-state index contributed by atoms with van der Waals surface area (Å²) in [4.78, 5) is 7.09. The van der Waals surface area contributed by atoms with Crippen molar-refractivity contribution >= 4 is 48.2 Å². The second-order valence-corrected chi connectivity index (χ2v) is 2.56. The van der Waals surface area contributed by atoms with Crippen LogP contribution in [0.15, 0.2) is 0 Å². The molecule has 50 valence electrons. The van der Waals surface area contributed by atoms with Crippen molar-refractivity contribution in [3.63, 3.8) is 0 Å². The second-order valence-electron chi connectivity index (χ2n) is 1.48. The second kappa shape index (κ2) is 2.95. The lowest BCUT2D eigenvalue weighted by Gasteiger charge is -1.97. The number of rotatable bonds is 0. The zero-order chi connectivity index (χ0) is 7.72. The molecule has 0 aliphatic rings. The van der Waals surface area contributed by atoms with E-state index < -0.39 is 0 Å². The van der Waals surface area contributed by atoms with Crippen LogP contribution in [0.2, 0.25) is 15.5 Å². The molecule has 1 rings (SSSR count). The molecule has 0 fully saturated rings. The van der Waals surface area contributed by atoms with Gasteiger partial charge in [-0.2, -0.15) is 0 Å². The Bertz CT molecular complexity index is 242. The van der Waals surface area contributed by atoms with Gasteiger partial charge in [0, 0.05) is 5.59 Å². The van der Waals surface area contributed by atoms with Gasteiger partial charge in [0.2, 0.25) is 5.28 Å². The fourth-order valence-corrected chi connectivity index (χ4v) is 0.889. The van der Waals surface area contributed by atoms with Crippen LogP contribution in [0.5, 0.6) is 0 Å². The Morgan fingerprint density at radius 2 is 1.70 bits per heavy atom. The van der Waals surface area contributed by atoms with Crippen LogP contribution in [-0.2, 0) is 0 Å². The lowest BCUT2D eigenvalue weighted by Crippen LogP contribution is -2.11. The minimum absolute atomic E-state index is 0.00750. The van der Waals surface area contributed by atoms with Crippen molar-refractivity contribution in [1.29, 1.82) is 0 Å². The van der Waals surface area contributed by atoms with Crippen LogP contribution in [0.1, 0.15) is 0 Å². The molecule has 0 atom stereocenters. The summed E-state index contributed by atoms with van der Waals surface area (Å²) in [6, 6.07) is 0. The van der Waals surface area contributed by atoms with Gasteiger partial charge in [-0.3, -0.25) is 0 Å². The van der Waals surface area contributed by atoms with Crippen molar-refractivity contribution in [1.82, 2.24) is 9.97 Å². The van der Waals surface area contributed by atoms with E-state index in [1.807, 2.05) is 0 Å². The van der Waals surface area contributed by atoms with Crippen LogP contribution in [0.4, 0.5) is 0 Å². The van der Waals surface area contributed by atoms with Crippen LogP contribution in [0.25, 0.3) is 0 Å². The molecule has 2 nitrogen and oxygen atoms in total. The Hall–Kier alpha value is 0.0149. The summed E-state index contributed by atoms with van der Waals surface area (Å²) >= 11 is 16.4. The molecular formula is C4BCl3N2. The van der Waals surface area contributed by atoms with E-state index in [1.54, 1.807) is 0 Å². The molecule has 1 aromatic rings. The smallest absolute Gasteiger partial charge is 0.223 e. The zero-order valence-corrected chi connectivity index (χ0v) is 6.87. The van der Waals surface area contributed by atoms with Crippen molar-refractivity contribution in [2.75, 3.05) is 0 Å². The van der Waals surface area contributed by atoms with Gasteiger partial charge in [-0.1, -0.05) is 23.2 Å². The van der Waals surface area contributed by atoms with E-state index in [4.69, 9.17) is 42.6 Å². The van der Waals surface area contributed by atoms with Crippen LogP contribution in [0, 0.1) is 0 Å². The molecule has 0 bridgehead atoms. The van der Waals surface area contributed by atoms with Crippen LogP contribution in [-0.4, -0.2) is 17.8 Å². The Morgan fingerprint density at radius 3 is 2.20 bits per heavy atom. The maximum atomic E-state index is 5.51. The summed E-state index contributed by atoms with van der Waals surface area (Å²) < 4.78 is 0. The molecule has 0 spiro atoms. The van der Waals surface area contributed by atoms with Crippen LogP contribution in [0.3, 0.4) is 0 Å². The van der Waals surface area contributed by atoms with E-state index in [0.29, 0.717) is 0 Å². The molecule has 0 saturated heterocycles. The normalized spacial score (nSPS) is 9.90. The van der Waals surface area contributed by atoms with Gasteiger partial charge in [0.05, 0.1) is 5.02 Å². The molecule has 1 heterocycles. The quantitative estimate of drug-likeness (QED) is 0.352. The number of hydrogen-bond donors (Lipinski definition) is 0. The third-order valence-corrected chi connectivity index (χ3v) is 1.72. The molecule has 0 aliphatic carbocycles. The third kappa shape index (κ3) is 1.54. The lowest BCUT2D eigenvalue weighted by atomic mass is 10.1. The first-order valence-corrected chi connectivity index (χ1v) is 3.38. The average Bonchev–Trinajstić information content (AvgIpc) is 1.82. The maximum Gasteiger partial charge on any atom is 0.223 e. The fraction of sp³-hybridized carbons (Fsp3) is 0. The molecule has 0 aromatic carbocycles. The summed E-state index contributed by atoms with van der Waals surface area (Å²) in [7, 11) is 5.27. The lowest BCUT2D eigenvalue weighted by molar-refractivity contribution is 1.20. The van der Waals surface area contributed by atoms with E-state index in [0.717, 1.165) is 0 Å². The van der Waals surface area contributed by atoms with E-state index >= 15 is 0 Å². The predicted octanol–water partition coefficient (Wildman–Crippen LogP) is 1.23. The summed E-state index contributed by atoms with van der Waals surface area (Å²) in [5, 5.41) is 0.192. The highest BCUT2D eigenvalue weighted by Gasteiger charge is 2.04. The molecule has 1 aromatic heterocycles. The monoisotopic (exact) mass is 192 g/mol. The van der Waals surface area contributed by atoms with Gasteiger partial charge in [0.1, 0.15) is 7.85 Å². The average molecular weight is 193 g/mol.